The third-order valence-electron chi connectivity index (χ3n) is 2.69. The molecule has 1 aromatic heterocycles. The highest BCUT2D eigenvalue weighted by Crippen LogP contribution is 2.22. The molecule has 0 aliphatic rings. The van der Waals surface area contributed by atoms with Gasteiger partial charge in [-0.15, -0.1) is 0 Å². The van der Waals surface area contributed by atoms with Crippen molar-refractivity contribution in [2.45, 2.75) is 0 Å². The van der Waals surface area contributed by atoms with Crippen molar-refractivity contribution < 1.29 is 4.79 Å². The van der Waals surface area contributed by atoms with Crippen LogP contribution in [0.25, 0.3) is 0 Å². The quantitative estimate of drug-likeness (QED) is 0.824. The van der Waals surface area contributed by atoms with Crippen LogP contribution in [0.15, 0.2) is 42.7 Å². The van der Waals surface area contributed by atoms with Crippen molar-refractivity contribution in [2.75, 3.05) is 30.0 Å². The first-order valence-corrected chi connectivity index (χ1v) is 5.86. The molecule has 0 aliphatic heterocycles. The number of anilines is 3. The number of nitrogens with two attached hydrogens (primary N) is 1. The molecule has 19 heavy (non-hydrogen) atoms. The number of benzene rings is 1. The first-order valence-electron chi connectivity index (χ1n) is 5.86. The van der Waals surface area contributed by atoms with Crippen molar-refractivity contribution >= 4 is 23.0 Å². The molecule has 0 saturated carbocycles. The lowest BCUT2D eigenvalue weighted by molar-refractivity contribution is 0.102. The van der Waals surface area contributed by atoms with Crippen LogP contribution in [0, 0.1) is 0 Å². The van der Waals surface area contributed by atoms with Crippen LogP contribution in [0.3, 0.4) is 0 Å². The molecule has 5 heteroatoms. The Bertz CT molecular complexity index is 581. The van der Waals surface area contributed by atoms with Crippen molar-refractivity contribution in [1.29, 1.82) is 0 Å². The molecule has 2 rings (SSSR count). The third kappa shape index (κ3) is 3.01. The standard InChI is InChI=1S/C14H16N4O/c1-18(2)13-4-3-10(15)9-12(13)14(19)17-11-5-7-16-8-6-11/h3-9H,15H2,1-2H3,(H,16,17,19). The van der Waals surface area contributed by atoms with E-state index in [4.69, 9.17) is 5.73 Å². The lowest BCUT2D eigenvalue weighted by atomic mass is 10.1. The summed E-state index contributed by atoms with van der Waals surface area (Å²) in [5, 5.41) is 2.82. The van der Waals surface area contributed by atoms with Crippen molar-refractivity contribution in [3.05, 3.63) is 48.3 Å². The van der Waals surface area contributed by atoms with E-state index in [1.165, 1.54) is 0 Å². The van der Waals surface area contributed by atoms with Crippen molar-refractivity contribution in [2.24, 2.45) is 0 Å². The van der Waals surface area contributed by atoms with Gasteiger partial charge in [-0.05, 0) is 30.3 Å². The summed E-state index contributed by atoms with van der Waals surface area (Å²) in [6.07, 6.45) is 3.25. The van der Waals surface area contributed by atoms with Gasteiger partial charge in [0, 0.05) is 43.6 Å². The maximum atomic E-state index is 12.3. The largest absolute Gasteiger partial charge is 0.399 e. The van der Waals surface area contributed by atoms with Crippen LogP contribution in [0.1, 0.15) is 10.4 Å². The average molecular weight is 256 g/mol. The average Bonchev–Trinajstić information content (AvgIpc) is 2.39. The second-order valence-corrected chi connectivity index (χ2v) is 4.36. The maximum Gasteiger partial charge on any atom is 0.257 e. The van der Waals surface area contributed by atoms with Gasteiger partial charge in [-0.1, -0.05) is 0 Å². The van der Waals surface area contributed by atoms with Crippen LogP contribution in [0.4, 0.5) is 17.1 Å². The summed E-state index contributed by atoms with van der Waals surface area (Å²) >= 11 is 0. The van der Waals surface area contributed by atoms with Gasteiger partial charge in [-0.2, -0.15) is 0 Å². The second-order valence-electron chi connectivity index (χ2n) is 4.36. The second kappa shape index (κ2) is 5.39. The predicted octanol–water partition coefficient (Wildman–Crippen LogP) is 1.98. The summed E-state index contributed by atoms with van der Waals surface area (Å²) in [5.41, 5.74) is 8.38. The molecule has 0 spiro atoms. The van der Waals surface area contributed by atoms with Crippen LogP contribution in [0.5, 0.6) is 0 Å². The number of amides is 1. The van der Waals surface area contributed by atoms with E-state index >= 15 is 0 Å². The minimum absolute atomic E-state index is 0.192. The lowest BCUT2D eigenvalue weighted by Gasteiger charge is -2.17. The van der Waals surface area contributed by atoms with Gasteiger partial charge in [0.05, 0.1) is 5.56 Å². The normalized spacial score (nSPS) is 10.0. The number of carbonyl (C=O) groups excluding carboxylic acids is 1. The van der Waals surface area contributed by atoms with E-state index in [2.05, 4.69) is 10.3 Å². The zero-order chi connectivity index (χ0) is 13.8. The minimum Gasteiger partial charge on any atom is -0.399 e. The van der Waals surface area contributed by atoms with Gasteiger partial charge in [0.15, 0.2) is 0 Å². The van der Waals surface area contributed by atoms with Gasteiger partial charge in [0.25, 0.3) is 5.91 Å². The molecular weight excluding hydrogens is 240 g/mol. The number of hydrogen-bond acceptors (Lipinski definition) is 4. The van der Waals surface area contributed by atoms with E-state index in [1.54, 1.807) is 36.7 Å². The van der Waals surface area contributed by atoms with Gasteiger partial charge >= 0.3 is 0 Å². The number of nitrogen functional groups attached to an aromatic ring is 1. The Labute approximate surface area is 112 Å². The van der Waals surface area contributed by atoms with E-state index < -0.39 is 0 Å². The number of aromatic nitrogens is 1. The summed E-state index contributed by atoms with van der Waals surface area (Å²) in [6, 6.07) is 8.75. The highest BCUT2D eigenvalue weighted by Gasteiger charge is 2.13. The molecule has 0 radical (unpaired) electrons. The zero-order valence-electron chi connectivity index (χ0n) is 10.9. The Morgan fingerprint density at radius 3 is 2.53 bits per heavy atom. The summed E-state index contributed by atoms with van der Waals surface area (Å²) in [6.45, 7) is 0. The summed E-state index contributed by atoms with van der Waals surface area (Å²) in [7, 11) is 3.77. The number of hydrogen-bond donors (Lipinski definition) is 2. The molecule has 1 aromatic carbocycles. The fourth-order valence-electron chi connectivity index (χ4n) is 1.76. The molecule has 0 aliphatic carbocycles. The molecule has 5 nitrogen and oxygen atoms in total. The van der Waals surface area contributed by atoms with E-state index in [-0.39, 0.29) is 5.91 Å². The third-order valence-corrected chi connectivity index (χ3v) is 2.69. The molecule has 2 aromatic rings. The van der Waals surface area contributed by atoms with Crippen LogP contribution in [0.2, 0.25) is 0 Å². The fraction of sp³-hybridized carbons (Fsp3) is 0.143. The number of nitrogens with one attached hydrogen (secondary N) is 1. The van der Waals surface area contributed by atoms with E-state index in [0.717, 1.165) is 5.69 Å². The smallest absolute Gasteiger partial charge is 0.257 e. The Balaban J connectivity index is 2.30. The molecular formula is C14H16N4O. The molecule has 98 valence electrons. The Morgan fingerprint density at radius 1 is 1.21 bits per heavy atom. The number of nitrogens with zero attached hydrogens (tertiary/aromatic N) is 2. The molecule has 0 saturated heterocycles. The van der Waals surface area contributed by atoms with Crippen molar-refractivity contribution in [3.8, 4) is 0 Å². The molecule has 3 N–H and O–H groups in total. The molecule has 0 fully saturated rings. The van der Waals surface area contributed by atoms with Crippen LogP contribution >= 0.6 is 0 Å². The minimum atomic E-state index is -0.192. The number of rotatable bonds is 3. The van der Waals surface area contributed by atoms with Crippen LogP contribution in [-0.4, -0.2) is 25.0 Å². The first kappa shape index (κ1) is 12.9. The van der Waals surface area contributed by atoms with Gasteiger partial charge in [-0.3, -0.25) is 9.78 Å². The van der Waals surface area contributed by atoms with Gasteiger partial charge in [-0.25, -0.2) is 0 Å². The molecule has 0 unspecified atom stereocenters. The van der Waals surface area contributed by atoms with Gasteiger partial charge in [0.2, 0.25) is 0 Å². The molecule has 0 atom stereocenters. The molecule has 1 heterocycles. The first-order chi connectivity index (χ1) is 9.08. The van der Waals surface area contributed by atoms with Gasteiger partial charge in [0.1, 0.15) is 0 Å². The molecule has 0 bridgehead atoms. The summed E-state index contributed by atoms with van der Waals surface area (Å²) < 4.78 is 0. The summed E-state index contributed by atoms with van der Waals surface area (Å²) in [4.78, 5) is 18.1. The Morgan fingerprint density at radius 2 is 1.89 bits per heavy atom. The Kier molecular flexibility index (Phi) is 3.66. The van der Waals surface area contributed by atoms with Crippen LogP contribution in [-0.2, 0) is 0 Å². The van der Waals surface area contributed by atoms with Crippen LogP contribution < -0.4 is 16.0 Å². The maximum absolute atomic E-state index is 12.3. The highest BCUT2D eigenvalue weighted by atomic mass is 16.1. The van der Waals surface area contributed by atoms with E-state index in [9.17, 15) is 4.79 Å². The Hall–Kier alpha value is -2.56. The van der Waals surface area contributed by atoms with E-state index in [0.29, 0.717) is 16.9 Å². The lowest BCUT2D eigenvalue weighted by Crippen LogP contribution is -2.18. The number of carbonyl (C=O) groups is 1. The topological polar surface area (TPSA) is 71.2 Å². The summed E-state index contributed by atoms with van der Waals surface area (Å²) in [5.74, 6) is -0.192. The van der Waals surface area contributed by atoms with Gasteiger partial charge < -0.3 is 16.0 Å². The highest BCUT2D eigenvalue weighted by molar-refractivity contribution is 6.08. The number of pyridine rings is 1. The van der Waals surface area contributed by atoms with Crippen molar-refractivity contribution in [1.82, 2.24) is 4.98 Å². The fourth-order valence-corrected chi connectivity index (χ4v) is 1.76. The monoisotopic (exact) mass is 256 g/mol. The SMILES string of the molecule is CN(C)c1ccc(N)cc1C(=O)Nc1ccncc1. The zero-order valence-corrected chi connectivity index (χ0v) is 10.9. The van der Waals surface area contributed by atoms with E-state index in [1.807, 2.05) is 25.1 Å². The molecule has 1 amide bonds. The predicted molar refractivity (Wildman–Crippen MR) is 77.4 cm³/mol. The van der Waals surface area contributed by atoms with Crippen molar-refractivity contribution in [3.63, 3.8) is 0 Å².